The molecule has 0 spiro atoms. The van der Waals surface area contributed by atoms with Crippen LogP contribution in [-0.2, 0) is 15.5 Å². The van der Waals surface area contributed by atoms with Gasteiger partial charge in [-0.1, -0.05) is 18.2 Å². The summed E-state index contributed by atoms with van der Waals surface area (Å²) in [5.41, 5.74) is -0.0219. The van der Waals surface area contributed by atoms with E-state index in [-0.39, 0.29) is 24.2 Å². The number of nitrogens with one attached hydrogen (secondary N) is 1. The summed E-state index contributed by atoms with van der Waals surface area (Å²) < 4.78 is 60.1. The quantitative estimate of drug-likeness (QED) is 0.437. The Morgan fingerprint density at radius 3 is 2.74 bits per heavy atom. The third kappa shape index (κ3) is 5.93. The van der Waals surface area contributed by atoms with Gasteiger partial charge in [0.1, 0.15) is 30.2 Å². The van der Waals surface area contributed by atoms with E-state index in [1.54, 1.807) is 30.9 Å². The number of carbonyl (C=O) groups excluding carboxylic acids is 1. The van der Waals surface area contributed by atoms with Crippen molar-refractivity contribution in [2.75, 3.05) is 38.7 Å². The van der Waals surface area contributed by atoms with Crippen molar-refractivity contribution in [2.24, 2.45) is 0 Å². The molecule has 4 rings (SSSR count). The second-order valence-corrected chi connectivity index (χ2v) is 9.37. The van der Waals surface area contributed by atoms with E-state index in [2.05, 4.69) is 15.3 Å². The Hall–Kier alpha value is -3.60. The maximum Gasteiger partial charge on any atom is 0.273 e. The highest BCUT2D eigenvalue weighted by Crippen LogP contribution is 2.37. The lowest BCUT2D eigenvalue weighted by Gasteiger charge is -2.32. The summed E-state index contributed by atoms with van der Waals surface area (Å²) in [5, 5.41) is 3.72. The number of amides is 1. The predicted molar refractivity (Wildman–Crippen MR) is 136 cm³/mol. The first-order chi connectivity index (χ1) is 18.0. The summed E-state index contributed by atoms with van der Waals surface area (Å²) in [6.07, 6.45) is -0.313. The van der Waals surface area contributed by atoms with Crippen LogP contribution >= 0.6 is 0 Å². The van der Waals surface area contributed by atoms with Gasteiger partial charge in [-0.3, -0.25) is 4.79 Å². The highest BCUT2D eigenvalue weighted by Gasteiger charge is 2.30. The van der Waals surface area contributed by atoms with E-state index in [0.29, 0.717) is 60.7 Å². The van der Waals surface area contributed by atoms with Crippen LogP contribution in [0.2, 0.25) is 0 Å². The average molecular weight is 533 g/mol. The van der Waals surface area contributed by atoms with Crippen LogP contribution < -0.4 is 14.8 Å². The molecule has 11 heteroatoms. The number of anilines is 1. The molecule has 1 aliphatic heterocycles. The minimum absolute atomic E-state index is 0.0245. The fourth-order valence-electron chi connectivity index (χ4n) is 4.43. The van der Waals surface area contributed by atoms with Gasteiger partial charge in [0.25, 0.3) is 5.92 Å². The number of rotatable bonds is 8. The molecule has 0 saturated carbocycles. The molecule has 0 unspecified atom stereocenters. The monoisotopic (exact) mass is 532 g/mol. The van der Waals surface area contributed by atoms with Crippen molar-refractivity contribution in [1.29, 1.82) is 0 Å². The van der Waals surface area contributed by atoms with E-state index in [0.717, 1.165) is 6.07 Å². The van der Waals surface area contributed by atoms with Gasteiger partial charge in [-0.2, -0.15) is 0 Å². The van der Waals surface area contributed by atoms with Gasteiger partial charge in [0.2, 0.25) is 5.91 Å². The Balaban J connectivity index is 1.63. The standard InChI is InChI=1S/C27H31F3N4O4/c1-15(19-7-6-8-21(25(19)28)27(4,29)30)31-26-20-11-24(23(36-5)12-22(20)32-16(2)33-26)38-14-18-13-34(17(3)35)9-10-37-18/h6-8,11-12,15,18H,9-10,13-14H2,1-5H3,(H,31,32,33)/t15-,18-/m1/s1. The second kappa shape index (κ2) is 11.0. The number of aryl methyl sites for hydroxylation is 1. The first kappa shape index (κ1) is 27.4. The zero-order valence-electron chi connectivity index (χ0n) is 22.0. The molecule has 2 aromatic carbocycles. The molecule has 1 fully saturated rings. The lowest BCUT2D eigenvalue weighted by Crippen LogP contribution is -2.46. The Morgan fingerprint density at radius 1 is 1.29 bits per heavy atom. The van der Waals surface area contributed by atoms with Crippen LogP contribution in [0.3, 0.4) is 0 Å². The molecule has 3 aromatic rings. The van der Waals surface area contributed by atoms with E-state index in [1.165, 1.54) is 26.2 Å². The van der Waals surface area contributed by atoms with Crippen LogP contribution in [0.1, 0.15) is 43.8 Å². The predicted octanol–water partition coefficient (Wildman–Crippen LogP) is 5.00. The number of alkyl halides is 2. The number of nitrogens with zero attached hydrogens (tertiary/aromatic N) is 3. The maximum atomic E-state index is 15.0. The molecule has 2 atom stereocenters. The summed E-state index contributed by atoms with van der Waals surface area (Å²) in [6.45, 7) is 7.12. The number of halogens is 3. The maximum absolute atomic E-state index is 15.0. The fourth-order valence-corrected chi connectivity index (χ4v) is 4.43. The first-order valence-corrected chi connectivity index (χ1v) is 12.3. The fraction of sp³-hybridized carbons (Fsp3) is 0.444. The smallest absolute Gasteiger partial charge is 0.273 e. The first-order valence-electron chi connectivity index (χ1n) is 12.3. The minimum atomic E-state index is -3.32. The van der Waals surface area contributed by atoms with Crippen molar-refractivity contribution in [3.63, 3.8) is 0 Å². The molecule has 0 radical (unpaired) electrons. The molecule has 0 bridgehead atoms. The number of morpholine rings is 1. The van der Waals surface area contributed by atoms with Crippen LogP contribution in [-0.4, -0.2) is 60.3 Å². The van der Waals surface area contributed by atoms with Crippen LogP contribution in [0.25, 0.3) is 10.9 Å². The van der Waals surface area contributed by atoms with E-state index < -0.39 is 23.3 Å². The van der Waals surface area contributed by atoms with Crippen molar-refractivity contribution in [1.82, 2.24) is 14.9 Å². The van der Waals surface area contributed by atoms with E-state index in [9.17, 15) is 13.6 Å². The summed E-state index contributed by atoms with van der Waals surface area (Å²) in [5.74, 6) is -2.61. The number of hydrogen-bond donors (Lipinski definition) is 1. The molecule has 2 heterocycles. The van der Waals surface area contributed by atoms with Crippen LogP contribution in [0.4, 0.5) is 19.0 Å². The van der Waals surface area contributed by atoms with Crippen molar-refractivity contribution in [3.8, 4) is 11.5 Å². The van der Waals surface area contributed by atoms with Gasteiger partial charge in [-0.05, 0) is 19.9 Å². The zero-order valence-corrected chi connectivity index (χ0v) is 22.0. The van der Waals surface area contributed by atoms with Gasteiger partial charge in [0.05, 0.1) is 37.4 Å². The number of hydrogen-bond acceptors (Lipinski definition) is 7. The zero-order chi connectivity index (χ0) is 27.6. The molecular weight excluding hydrogens is 501 g/mol. The Labute approximate surface area is 219 Å². The van der Waals surface area contributed by atoms with Crippen LogP contribution in [0.5, 0.6) is 11.5 Å². The Morgan fingerprint density at radius 2 is 2.05 bits per heavy atom. The van der Waals surface area contributed by atoms with E-state index in [1.807, 2.05) is 0 Å². The molecule has 1 N–H and O–H groups in total. The molecule has 1 aromatic heterocycles. The molecule has 1 saturated heterocycles. The van der Waals surface area contributed by atoms with Crippen molar-refractivity contribution in [2.45, 2.75) is 45.8 Å². The van der Waals surface area contributed by atoms with Gasteiger partial charge in [-0.15, -0.1) is 0 Å². The molecule has 8 nitrogen and oxygen atoms in total. The average Bonchev–Trinajstić information content (AvgIpc) is 2.86. The lowest BCUT2D eigenvalue weighted by atomic mass is 10.0. The summed E-state index contributed by atoms with van der Waals surface area (Å²) in [4.78, 5) is 22.4. The highest BCUT2D eigenvalue weighted by molar-refractivity contribution is 5.92. The molecule has 1 aliphatic rings. The van der Waals surface area contributed by atoms with Crippen molar-refractivity contribution >= 4 is 22.6 Å². The SMILES string of the molecule is COc1cc2nc(C)nc(N[C@H](C)c3cccc(C(C)(F)F)c3F)c2cc1OC[C@H]1CN(C(C)=O)CCO1. The van der Waals surface area contributed by atoms with E-state index in [4.69, 9.17) is 14.2 Å². The summed E-state index contributed by atoms with van der Waals surface area (Å²) in [6, 6.07) is 6.68. The number of methoxy groups -OCH3 is 1. The number of fused-ring (bicyclic) bond motifs is 1. The van der Waals surface area contributed by atoms with Gasteiger partial charge in [-0.25, -0.2) is 23.1 Å². The molecule has 204 valence electrons. The molecule has 38 heavy (non-hydrogen) atoms. The minimum Gasteiger partial charge on any atom is -0.493 e. The van der Waals surface area contributed by atoms with Crippen LogP contribution in [0.15, 0.2) is 30.3 Å². The topological polar surface area (TPSA) is 85.8 Å². The number of aromatic nitrogens is 2. The molecule has 1 amide bonds. The van der Waals surface area contributed by atoms with Crippen molar-refractivity contribution < 1.29 is 32.2 Å². The number of carbonyl (C=O) groups is 1. The van der Waals surface area contributed by atoms with Crippen LogP contribution in [0, 0.1) is 12.7 Å². The van der Waals surface area contributed by atoms with Gasteiger partial charge in [0, 0.05) is 37.4 Å². The molecular formula is C27H31F3N4O4. The second-order valence-electron chi connectivity index (χ2n) is 9.37. The highest BCUT2D eigenvalue weighted by atomic mass is 19.3. The van der Waals surface area contributed by atoms with Gasteiger partial charge in [0.15, 0.2) is 11.5 Å². The number of ether oxygens (including phenoxy) is 3. The normalized spacial score (nSPS) is 16.8. The van der Waals surface area contributed by atoms with Gasteiger partial charge < -0.3 is 24.4 Å². The lowest BCUT2D eigenvalue weighted by molar-refractivity contribution is -0.137. The van der Waals surface area contributed by atoms with E-state index >= 15 is 4.39 Å². The summed E-state index contributed by atoms with van der Waals surface area (Å²) >= 11 is 0. The third-order valence-electron chi connectivity index (χ3n) is 6.42. The third-order valence-corrected chi connectivity index (χ3v) is 6.42. The largest absolute Gasteiger partial charge is 0.493 e. The Bertz CT molecular complexity index is 1330. The molecule has 0 aliphatic carbocycles. The van der Waals surface area contributed by atoms with Crippen molar-refractivity contribution in [3.05, 3.63) is 53.1 Å². The summed E-state index contributed by atoms with van der Waals surface area (Å²) in [7, 11) is 1.51. The Kier molecular flexibility index (Phi) is 7.96. The number of benzene rings is 2. The van der Waals surface area contributed by atoms with Gasteiger partial charge >= 0.3 is 0 Å².